The minimum Gasteiger partial charge on any atom is -0.262 e. The first-order valence-electron chi connectivity index (χ1n) is 10.1. The molecule has 48 heavy (non-hydrogen) atoms. The minimum atomic E-state index is -9.65. The molecule has 0 fully saturated rings. The molecule has 31 heteroatoms. The highest BCUT2D eigenvalue weighted by Crippen LogP contribution is 2.66. The Labute approximate surface area is 240 Å². The maximum atomic E-state index is 14.2. The van der Waals surface area contributed by atoms with Crippen LogP contribution in [0.3, 0.4) is 0 Å². The number of nitro benzene ring substituents is 1. The molecule has 0 aliphatic rings. The Hall–Kier alpha value is -3.31. The van der Waals surface area contributed by atoms with Crippen LogP contribution in [0, 0.1) is 33.4 Å². The number of rotatable bonds is 11. The maximum Gasteiger partial charge on any atom is 0.458 e. The van der Waals surface area contributed by atoms with Gasteiger partial charge in [0.15, 0.2) is 11.6 Å². The van der Waals surface area contributed by atoms with Crippen LogP contribution in [0.5, 0.6) is 0 Å². The highest BCUT2D eigenvalue weighted by Gasteiger charge is 2.96. The van der Waals surface area contributed by atoms with Crippen LogP contribution in [0.2, 0.25) is 0 Å². The van der Waals surface area contributed by atoms with E-state index in [0.717, 1.165) is 4.74 Å². The number of benzene rings is 1. The summed E-state index contributed by atoms with van der Waals surface area (Å²) >= 11 is 0. The third kappa shape index (κ3) is 5.36. The van der Waals surface area contributed by atoms with Crippen LogP contribution in [0.15, 0.2) is 0 Å². The van der Waals surface area contributed by atoms with Gasteiger partial charge in [-0.15, -0.1) is 0 Å². The fraction of sp³-hybridized carbons (Fsp3) is 0.647. The molecule has 4 nitrogen and oxygen atoms in total. The molecule has 0 aliphatic heterocycles. The molecule has 0 spiro atoms. The zero-order valence-corrected chi connectivity index (χ0v) is 20.4. The number of hydrogen-bond acceptors (Lipinski definition) is 3. The second-order valence-electron chi connectivity index (χ2n) is 8.47. The van der Waals surface area contributed by atoms with Gasteiger partial charge in [0, 0.05) is 0 Å². The Balaban J connectivity index is 4.02. The van der Waals surface area contributed by atoms with Gasteiger partial charge in [0.25, 0.3) is 0 Å². The predicted molar refractivity (Wildman–Crippen MR) is 88.5 cm³/mol. The average Bonchev–Trinajstić information content (AvgIpc) is 2.84. The number of nitrogens with zero attached hydrogens (tertiary/aromatic N) is 1. The highest BCUT2D eigenvalue weighted by atomic mass is 19.4. The molecule has 1 rings (SSSR count). The van der Waals surface area contributed by atoms with Crippen molar-refractivity contribution >= 4 is 5.69 Å². The molecule has 280 valence electrons. The molecule has 0 aliphatic carbocycles. The summed E-state index contributed by atoms with van der Waals surface area (Å²) < 4.78 is 364. The fourth-order valence-electron chi connectivity index (χ4n) is 2.90. The van der Waals surface area contributed by atoms with Crippen LogP contribution >= 0.6 is 0 Å². The first kappa shape index (κ1) is 42.7. The van der Waals surface area contributed by atoms with E-state index in [1.165, 1.54) is 0 Å². The van der Waals surface area contributed by atoms with E-state index in [0.29, 0.717) is 0 Å². The van der Waals surface area contributed by atoms with E-state index in [1.54, 1.807) is 0 Å². The smallest absolute Gasteiger partial charge is 0.262 e. The van der Waals surface area contributed by atoms with Gasteiger partial charge in [0.1, 0.15) is 5.56 Å². The second kappa shape index (κ2) is 11.1. The van der Waals surface area contributed by atoms with Gasteiger partial charge >= 0.3 is 71.5 Å². The molecule has 0 aromatic heterocycles. The van der Waals surface area contributed by atoms with Crippen LogP contribution in [0.1, 0.15) is 5.56 Å². The Morgan fingerprint density at radius 1 is 0.438 bits per heavy atom. The monoisotopic (exact) mass is 779 g/mol. The molecular formula is C17F27NO3. The Morgan fingerprint density at radius 2 is 0.708 bits per heavy atom. The molecular weight excluding hydrogens is 779 g/mol. The van der Waals surface area contributed by atoms with E-state index >= 15 is 0 Å². The Kier molecular flexibility index (Phi) is 9.88. The van der Waals surface area contributed by atoms with E-state index in [-0.39, 0.29) is 0 Å². The predicted octanol–water partition coefficient (Wildman–Crippen LogP) is 9.45. The van der Waals surface area contributed by atoms with Crippen LogP contribution < -0.4 is 0 Å². The molecule has 0 N–H and O–H groups in total. The topological polar surface area (TPSA) is 52.4 Å². The average molecular weight is 779 g/mol. The zero-order valence-electron chi connectivity index (χ0n) is 20.4. The molecule has 1 aromatic carbocycles. The van der Waals surface area contributed by atoms with Gasteiger partial charge in [0.2, 0.25) is 11.6 Å². The van der Waals surface area contributed by atoms with Gasteiger partial charge in [-0.25, -0.2) is 8.78 Å². The molecule has 0 heterocycles. The SMILES string of the molecule is O=[N+]([O-])c1c(F)c(F)c(C(F)(F)C(F)(F)C(F)(F)C(F)(F)C(F)(F)C(F)(F)C(F)(F)C(F)(F)OC(F)(C(F)(F)F)C(F)(F)F)c(F)c1F. The van der Waals surface area contributed by atoms with Gasteiger partial charge in [-0.1, -0.05) is 0 Å². The van der Waals surface area contributed by atoms with Crippen LogP contribution in [0.4, 0.5) is 124 Å². The summed E-state index contributed by atoms with van der Waals surface area (Å²) in [4.78, 5) is 7.75. The largest absolute Gasteiger partial charge is 0.458 e. The van der Waals surface area contributed by atoms with Gasteiger partial charge in [-0.2, -0.15) is 110 Å². The summed E-state index contributed by atoms with van der Waals surface area (Å²) in [6, 6.07) is 0. The van der Waals surface area contributed by atoms with E-state index < -0.39 is 105 Å². The molecule has 0 saturated heterocycles. The second-order valence-corrected chi connectivity index (χ2v) is 8.47. The lowest BCUT2D eigenvalue weighted by atomic mass is 9.86. The van der Waals surface area contributed by atoms with Gasteiger partial charge in [0.05, 0.1) is 4.92 Å². The van der Waals surface area contributed by atoms with Gasteiger partial charge < -0.3 is 0 Å². The van der Waals surface area contributed by atoms with Crippen molar-refractivity contribution in [3.05, 3.63) is 38.9 Å². The number of halogens is 27. The summed E-state index contributed by atoms with van der Waals surface area (Å²) in [7, 11) is 0. The molecule has 0 unspecified atom stereocenters. The van der Waals surface area contributed by atoms with E-state index in [2.05, 4.69) is 0 Å². The first-order chi connectivity index (χ1) is 20.5. The van der Waals surface area contributed by atoms with Crippen LogP contribution in [-0.4, -0.2) is 64.8 Å². The van der Waals surface area contributed by atoms with E-state index in [1.807, 2.05) is 0 Å². The maximum absolute atomic E-state index is 14.2. The molecule has 0 bridgehead atoms. The van der Waals surface area contributed by atoms with Crippen LogP contribution in [0.25, 0.3) is 0 Å². The lowest BCUT2D eigenvalue weighted by Gasteiger charge is -2.44. The van der Waals surface area contributed by atoms with Gasteiger partial charge in [-0.3, -0.25) is 14.9 Å². The Bertz CT molecular complexity index is 1380. The zero-order chi connectivity index (χ0) is 39.2. The van der Waals surface area contributed by atoms with Crippen molar-refractivity contribution in [3.8, 4) is 0 Å². The summed E-state index contributed by atoms with van der Waals surface area (Å²) in [5.41, 5.74) is -7.97. The molecule has 0 amide bonds. The quantitative estimate of drug-likeness (QED) is 0.0974. The third-order valence-electron chi connectivity index (χ3n) is 5.47. The lowest BCUT2D eigenvalue weighted by Crippen LogP contribution is -2.75. The van der Waals surface area contributed by atoms with Crippen molar-refractivity contribution in [2.45, 2.75) is 65.8 Å². The summed E-state index contributed by atoms with van der Waals surface area (Å²) in [6.45, 7) is 0. The van der Waals surface area contributed by atoms with E-state index in [9.17, 15) is 129 Å². The van der Waals surface area contributed by atoms with E-state index in [4.69, 9.17) is 0 Å². The van der Waals surface area contributed by atoms with Crippen molar-refractivity contribution in [1.82, 2.24) is 0 Å². The van der Waals surface area contributed by atoms with Crippen molar-refractivity contribution in [2.24, 2.45) is 0 Å². The highest BCUT2D eigenvalue weighted by molar-refractivity contribution is 5.42. The van der Waals surface area contributed by atoms with Crippen molar-refractivity contribution < 1.29 is 128 Å². The van der Waals surface area contributed by atoms with Crippen molar-refractivity contribution in [1.29, 1.82) is 0 Å². The summed E-state index contributed by atoms with van der Waals surface area (Å²) in [5.74, 6) is -89.8. The number of nitro groups is 1. The third-order valence-corrected chi connectivity index (χ3v) is 5.47. The summed E-state index contributed by atoms with van der Waals surface area (Å²) in [5, 5.41) is 10.4. The molecule has 0 saturated carbocycles. The first-order valence-corrected chi connectivity index (χ1v) is 10.1. The molecule has 0 atom stereocenters. The van der Waals surface area contributed by atoms with Gasteiger partial charge in [-0.05, 0) is 0 Å². The number of alkyl halides is 23. The van der Waals surface area contributed by atoms with Crippen LogP contribution in [-0.2, 0) is 10.7 Å². The molecule has 0 radical (unpaired) electrons. The minimum absolute atomic E-state index is 0.837. The normalized spacial score (nSPS) is 15.6. The standard InChI is InChI=1S/C17F27NO3/c18-2-1(3(19)5(21)6(4(2)20)45(46)47)7(22,23)8(24,25)9(26,27)10(28,29)11(30,31)12(32,33)13(34,35)17(43,44)48-14(36,15(37,38)39)16(40,41)42. The number of hydrogen-bond donors (Lipinski definition) is 0. The van der Waals surface area contributed by atoms with Crippen molar-refractivity contribution in [2.75, 3.05) is 0 Å². The number of ether oxygens (including phenoxy) is 1. The fourth-order valence-corrected chi connectivity index (χ4v) is 2.90. The Morgan fingerprint density at radius 3 is 0.979 bits per heavy atom. The lowest BCUT2D eigenvalue weighted by molar-refractivity contribution is -0.528. The van der Waals surface area contributed by atoms with Crippen molar-refractivity contribution in [3.63, 3.8) is 0 Å². The molecule has 1 aromatic rings. The summed E-state index contributed by atoms with van der Waals surface area (Å²) in [6.07, 6.45) is -25.3.